The Morgan fingerprint density at radius 2 is 2.00 bits per heavy atom. The Bertz CT molecular complexity index is 284. The summed E-state index contributed by atoms with van der Waals surface area (Å²) in [7, 11) is 0. The van der Waals surface area contributed by atoms with Gasteiger partial charge in [0.15, 0.2) is 0 Å². The first kappa shape index (κ1) is 10.7. The van der Waals surface area contributed by atoms with Gasteiger partial charge >= 0.3 is 0 Å². The van der Waals surface area contributed by atoms with Crippen molar-refractivity contribution in [3.05, 3.63) is 35.9 Å². The molecule has 0 unspecified atom stereocenters. The highest BCUT2D eigenvalue weighted by atomic mass is 15.0. The summed E-state index contributed by atoms with van der Waals surface area (Å²) in [4.78, 5) is 0. The predicted octanol–water partition coefficient (Wildman–Crippen LogP) is 1.70. The summed E-state index contributed by atoms with van der Waals surface area (Å²) in [6.45, 7) is 1.04. The molecule has 2 nitrogen and oxygen atoms in total. The van der Waals surface area contributed by atoms with Gasteiger partial charge in [-0.2, -0.15) is 0 Å². The monoisotopic (exact) mass is 204 g/mol. The van der Waals surface area contributed by atoms with Gasteiger partial charge in [-0.15, -0.1) is 0 Å². The fourth-order valence-electron chi connectivity index (χ4n) is 2.29. The summed E-state index contributed by atoms with van der Waals surface area (Å²) in [6.07, 6.45) is 4.81. The fraction of sp³-hybridized carbons (Fsp3) is 0.538. The van der Waals surface area contributed by atoms with Gasteiger partial charge < -0.3 is 11.1 Å². The summed E-state index contributed by atoms with van der Waals surface area (Å²) in [6, 6.07) is 11.5. The molecule has 1 saturated carbocycles. The standard InChI is InChI=1S/C13H20N2/c14-12-7-4-8-13(12)15-10-9-11-5-2-1-3-6-11/h1-3,5-6,12-13,15H,4,7-10,14H2/t12-,13-/m1/s1. The Morgan fingerprint density at radius 3 is 2.67 bits per heavy atom. The fourth-order valence-corrected chi connectivity index (χ4v) is 2.29. The van der Waals surface area contributed by atoms with Gasteiger partial charge in [0.05, 0.1) is 0 Å². The molecule has 0 aromatic heterocycles. The molecule has 0 spiro atoms. The Kier molecular flexibility index (Phi) is 3.75. The topological polar surface area (TPSA) is 38.0 Å². The molecule has 0 bridgehead atoms. The first-order valence-electron chi connectivity index (χ1n) is 5.89. The van der Waals surface area contributed by atoms with Crippen LogP contribution in [-0.2, 0) is 6.42 Å². The zero-order valence-corrected chi connectivity index (χ0v) is 9.15. The molecular weight excluding hydrogens is 184 g/mol. The largest absolute Gasteiger partial charge is 0.326 e. The first-order valence-corrected chi connectivity index (χ1v) is 5.89. The highest BCUT2D eigenvalue weighted by Gasteiger charge is 2.22. The van der Waals surface area contributed by atoms with Gasteiger partial charge in [-0.25, -0.2) is 0 Å². The zero-order chi connectivity index (χ0) is 10.5. The molecule has 2 atom stereocenters. The molecule has 1 aliphatic carbocycles. The van der Waals surface area contributed by atoms with Gasteiger partial charge in [-0.3, -0.25) is 0 Å². The van der Waals surface area contributed by atoms with E-state index in [0.717, 1.165) is 13.0 Å². The third kappa shape index (κ3) is 3.05. The maximum atomic E-state index is 6.00. The molecule has 0 aliphatic heterocycles. The minimum atomic E-state index is 0.376. The van der Waals surface area contributed by atoms with Crippen LogP contribution in [0.2, 0.25) is 0 Å². The lowest BCUT2D eigenvalue weighted by molar-refractivity contribution is 0.479. The summed E-state index contributed by atoms with van der Waals surface area (Å²) >= 11 is 0. The van der Waals surface area contributed by atoms with E-state index in [0.29, 0.717) is 12.1 Å². The molecule has 2 rings (SSSR count). The Labute approximate surface area is 91.9 Å². The average molecular weight is 204 g/mol. The van der Waals surface area contributed by atoms with Gasteiger partial charge in [0.25, 0.3) is 0 Å². The van der Waals surface area contributed by atoms with Crippen LogP contribution in [-0.4, -0.2) is 18.6 Å². The number of hydrogen-bond donors (Lipinski definition) is 2. The van der Waals surface area contributed by atoms with Crippen LogP contribution < -0.4 is 11.1 Å². The van der Waals surface area contributed by atoms with Gasteiger partial charge in [0.2, 0.25) is 0 Å². The molecule has 1 aromatic carbocycles. The number of nitrogens with two attached hydrogens (primary N) is 1. The van der Waals surface area contributed by atoms with Crippen LogP contribution in [0.3, 0.4) is 0 Å². The van der Waals surface area contributed by atoms with E-state index < -0.39 is 0 Å². The number of rotatable bonds is 4. The summed E-state index contributed by atoms with van der Waals surface area (Å²) in [5.74, 6) is 0. The van der Waals surface area contributed by atoms with Crippen LogP contribution in [0.4, 0.5) is 0 Å². The third-order valence-corrected chi connectivity index (χ3v) is 3.23. The number of nitrogens with one attached hydrogen (secondary N) is 1. The number of hydrogen-bond acceptors (Lipinski definition) is 2. The summed E-state index contributed by atoms with van der Waals surface area (Å²) < 4.78 is 0. The van der Waals surface area contributed by atoms with Crippen LogP contribution >= 0.6 is 0 Å². The molecule has 0 heterocycles. The molecule has 15 heavy (non-hydrogen) atoms. The van der Waals surface area contributed by atoms with Gasteiger partial charge in [0.1, 0.15) is 0 Å². The predicted molar refractivity (Wildman–Crippen MR) is 63.8 cm³/mol. The molecule has 82 valence electrons. The Morgan fingerprint density at radius 1 is 1.20 bits per heavy atom. The second kappa shape index (κ2) is 5.29. The second-order valence-corrected chi connectivity index (χ2v) is 4.39. The van der Waals surface area contributed by atoms with Crippen LogP contribution in [0, 0.1) is 0 Å². The van der Waals surface area contributed by atoms with E-state index in [-0.39, 0.29) is 0 Å². The normalized spacial score (nSPS) is 25.7. The van der Waals surface area contributed by atoms with Crippen LogP contribution in [0.25, 0.3) is 0 Å². The van der Waals surface area contributed by atoms with E-state index in [1.54, 1.807) is 0 Å². The maximum absolute atomic E-state index is 6.00. The smallest absolute Gasteiger partial charge is 0.0219 e. The molecule has 1 aliphatic rings. The van der Waals surface area contributed by atoms with Crippen LogP contribution in [0.5, 0.6) is 0 Å². The van der Waals surface area contributed by atoms with Gasteiger partial charge in [-0.05, 0) is 31.4 Å². The average Bonchev–Trinajstić information content (AvgIpc) is 2.66. The van der Waals surface area contributed by atoms with Crippen molar-refractivity contribution in [2.75, 3.05) is 6.54 Å². The molecule has 0 saturated heterocycles. The van der Waals surface area contributed by atoms with E-state index >= 15 is 0 Å². The Balaban J connectivity index is 1.71. The van der Waals surface area contributed by atoms with Crippen molar-refractivity contribution in [3.63, 3.8) is 0 Å². The van der Waals surface area contributed by atoms with Crippen LogP contribution in [0.15, 0.2) is 30.3 Å². The number of benzene rings is 1. The van der Waals surface area contributed by atoms with E-state index in [2.05, 4.69) is 35.6 Å². The van der Waals surface area contributed by atoms with Crippen molar-refractivity contribution in [3.8, 4) is 0 Å². The first-order chi connectivity index (χ1) is 7.36. The quantitative estimate of drug-likeness (QED) is 0.783. The van der Waals surface area contributed by atoms with Crippen molar-refractivity contribution < 1.29 is 0 Å². The van der Waals surface area contributed by atoms with Crippen molar-refractivity contribution in [2.45, 2.75) is 37.8 Å². The van der Waals surface area contributed by atoms with Crippen molar-refractivity contribution >= 4 is 0 Å². The molecule has 0 radical (unpaired) electrons. The Hall–Kier alpha value is -0.860. The van der Waals surface area contributed by atoms with Crippen molar-refractivity contribution in [1.82, 2.24) is 5.32 Å². The summed E-state index contributed by atoms with van der Waals surface area (Å²) in [5, 5.41) is 3.55. The lowest BCUT2D eigenvalue weighted by atomic mass is 10.1. The zero-order valence-electron chi connectivity index (χ0n) is 9.15. The third-order valence-electron chi connectivity index (χ3n) is 3.23. The lowest BCUT2D eigenvalue weighted by Gasteiger charge is -2.16. The second-order valence-electron chi connectivity index (χ2n) is 4.39. The van der Waals surface area contributed by atoms with Crippen molar-refractivity contribution in [1.29, 1.82) is 0 Å². The lowest BCUT2D eigenvalue weighted by Crippen LogP contribution is -2.41. The van der Waals surface area contributed by atoms with Gasteiger partial charge in [-0.1, -0.05) is 36.8 Å². The minimum absolute atomic E-state index is 0.376. The van der Waals surface area contributed by atoms with Gasteiger partial charge in [0, 0.05) is 12.1 Å². The van der Waals surface area contributed by atoms with E-state index in [9.17, 15) is 0 Å². The molecule has 2 heteroatoms. The highest BCUT2D eigenvalue weighted by molar-refractivity contribution is 5.14. The maximum Gasteiger partial charge on any atom is 0.0219 e. The SMILES string of the molecule is N[C@@H]1CCC[C@H]1NCCc1ccccc1. The molecule has 1 fully saturated rings. The van der Waals surface area contributed by atoms with E-state index in [4.69, 9.17) is 5.73 Å². The molecule has 0 amide bonds. The van der Waals surface area contributed by atoms with Crippen LogP contribution in [0.1, 0.15) is 24.8 Å². The van der Waals surface area contributed by atoms with Crippen molar-refractivity contribution in [2.24, 2.45) is 5.73 Å². The van der Waals surface area contributed by atoms with E-state index in [1.165, 1.54) is 24.8 Å². The van der Waals surface area contributed by atoms with E-state index in [1.807, 2.05) is 0 Å². The molecule has 3 N–H and O–H groups in total. The molecular formula is C13H20N2. The highest BCUT2D eigenvalue weighted by Crippen LogP contribution is 2.16. The molecule has 1 aromatic rings. The minimum Gasteiger partial charge on any atom is -0.326 e. The summed E-state index contributed by atoms with van der Waals surface area (Å²) in [5.41, 5.74) is 7.40.